The third-order valence-electron chi connectivity index (χ3n) is 2.47. The highest BCUT2D eigenvalue weighted by molar-refractivity contribution is 6.37. The number of ether oxygens (including phenoxy) is 2. The second kappa shape index (κ2) is 7.07. The van der Waals surface area contributed by atoms with Crippen LogP contribution in [0.5, 0.6) is 5.75 Å². The Bertz CT molecular complexity index is 560. The molecule has 8 heteroatoms. The number of carbonyl (C=O) groups excluding carboxylic acids is 2. The minimum absolute atomic E-state index is 0.0533. The molecule has 0 bridgehead atoms. The molecule has 0 fully saturated rings. The van der Waals surface area contributed by atoms with Gasteiger partial charge in [-0.15, -0.1) is 0 Å². The van der Waals surface area contributed by atoms with Crippen LogP contribution in [0.15, 0.2) is 12.1 Å². The highest BCUT2D eigenvalue weighted by Gasteiger charge is 2.27. The fourth-order valence-corrected chi connectivity index (χ4v) is 2.08. The van der Waals surface area contributed by atoms with E-state index in [2.05, 4.69) is 10.1 Å². The molecule has 0 heterocycles. The van der Waals surface area contributed by atoms with Crippen LogP contribution < -0.4 is 5.32 Å². The largest absolute Gasteiger partial charge is 0.505 e. The van der Waals surface area contributed by atoms with Gasteiger partial charge in [-0.05, 0) is 38.5 Å². The van der Waals surface area contributed by atoms with Crippen molar-refractivity contribution in [3.05, 3.63) is 27.7 Å². The lowest BCUT2D eigenvalue weighted by molar-refractivity contribution is -0.143. The number of alkyl carbamates (subject to hydrolysis) is 1. The van der Waals surface area contributed by atoms with Gasteiger partial charge in [-0.1, -0.05) is 23.2 Å². The Kier molecular flexibility index (Phi) is 5.91. The summed E-state index contributed by atoms with van der Waals surface area (Å²) in [6.07, 6.45) is -0.803. The summed E-state index contributed by atoms with van der Waals surface area (Å²) in [6, 6.07) is 1.44. The number of phenolic OH excluding ortho intramolecular Hbond substituents is 1. The second-order valence-corrected chi connectivity index (χ2v) is 6.25. The third-order valence-corrected chi connectivity index (χ3v) is 3.05. The normalized spacial score (nSPS) is 12.5. The Morgan fingerprint density at radius 3 is 2.14 bits per heavy atom. The fourth-order valence-electron chi connectivity index (χ4n) is 1.57. The average molecular weight is 350 g/mol. The molecule has 22 heavy (non-hydrogen) atoms. The molecule has 0 aliphatic carbocycles. The van der Waals surface area contributed by atoms with E-state index in [1.54, 1.807) is 20.8 Å². The molecule has 2 N–H and O–H groups in total. The summed E-state index contributed by atoms with van der Waals surface area (Å²) in [5, 5.41) is 11.8. The van der Waals surface area contributed by atoms with Crippen LogP contribution in [0.3, 0.4) is 0 Å². The van der Waals surface area contributed by atoms with Gasteiger partial charge in [0.2, 0.25) is 0 Å². The highest BCUT2D eigenvalue weighted by Crippen LogP contribution is 2.34. The van der Waals surface area contributed by atoms with Crippen LogP contribution in [0.4, 0.5) is 4.79 Å². The molecular formula is C14H17Cl2NO5. The molecule has 0 spiro atoms. The Labute approximate surface area is 138 Å². The van der Waals surface area contributed by atoms with Crippen molar-refractivity contribution in [2.45, 2.75) is 32.4 Å². The molecule has 1 aromatic rings. The summed E-state index contributed by atoms with van der Waals surface area (Å²) in [6.45, 7) is 5.07. The number of rotatable bonds is 3. The summed E-state index contributed by atoms with van der Waals surface area (Å²) in [5.74, 6) is -1.04. The number of carbonyl (C=O) groups is 2. The number of hydrogen-bond acceptors (Lipinski definition) is 5. The molecule has 0 radical (unpaired) electrons. The second-order valence-electron chi connectivity index (χ2n) is 5.44. The number of hydrogen-bond donors (Lipinski definition) is 2. The summed E-state index contributed by atoms with van der Waals surface area (Å²) in [7, 11) is 1.18. The van der Waals surface area contributed by atoms with Crippen LogP contribution in [0.1, 0.15) is 32.4 Å². The molecule has 0 aliphatic rings. The van der Waals surface area contributed by atoms with Crippen LogP contribution in [0.25, 0.3) is 0 Å². The van der Waals surface area contributed by atoms with Crippen molar-refractivity contribution in [1.82, 2.24) is 5.32 Å². The quantitative estimate of drug-likeness (QED) is 0.816. The van der Waals surface area contributed by atoms with Crippen molar-refractivity contribution in [3.63, 3.8) is 0 Å². The minimum atomic E-state index is -1.17. The number of methoxy groups -OCH3 is 1. The summed E-state index contributed by atoms with van der Waals surface area (Å²) < 4.78 is 9.75. The van der Waals surface area contributed by atoms with Gasteiger partial charge in [0.1, 0.15) is 5.60 Å². The van der Waals surface area contributed by atoms with E-state index in [9.17, 15) is 14.7 Å². The Morgan fingerprint density at radius 2 is 1.73 bits per heavy atom. The first kappa shape index (κ1) is 18.4. The summed E-state index contributed by atoms with van der Waals surface area (Å²) in [4.78, 5) is 23.7. The van der Waals surface area contributed by atoms with E-state index in [0.717, 1.165) is 0 Å². The van der Waals surface area contributed by atoms with Crippen LogP contribution in [0, 0.1) is 0 Å². The number of phenols is 1. The predicted molar refractivity (Wildman–Crippen MR) is 82.3 cm³/mol. The van der Waals surface area contributed by atoms with Crippen molar-refractivity contribution in [2.75, 3.05) is 7.11 Å². The number of halogens is 2. The fraction of sp³-hybridized carbons (Fsp3) is 0.429. The van der Waals surface area contributed by atoms with E-state index in [1.807, 2.05) is 0 Å². The number of esters is 1. The van der Waals surface area contributed by atoms with E-state index < -0.39 is 23.7 Å². The third kappa shape index (κ3) is 4.96. The highest BCUT2D eigenvalue weighted by atomic mass is 35.5. The van der Waals surface area contributed by atoms with Crippen molar-refractivity contribution in [3.8, 4) is 5.75 Å². The van der Waals surface area contributed by atoms with Gasteiger partial charge in [0.05, 0.1) is 17.2 Å². The topological polar surface area (TPSA) is 84.9 Å². The molecule has 0 saturated heterocycles. The monoisotopic (exact) mass is 349 g/mol. The molecule has 6 nitrogen and oxygen atoms in total. The Hall–Kier alpha value is -1.66. The van der Waals surface area contributed by atoms with E-state index >= 15 is 0 Å². The smallest absolute Gasteiger partial charge is 0.408 e. The molecule has 1 amide bonds. The maximum absolute atomic E-state index is 11.9. The van der Waals surface area contributed by atoms with Gasteiger partial charge in [-0.2, -0.15) is 0 Å². The minimum Gasteiger partial charge on any atom is -0.505 e. The first-order valence-corrected chi connectivity index (χ1v) is 7.06. The van der Waals surface area contributed by atoms with E-state index in [4.69, 9.17) is 27.9 Å². The number of amides is 1. The van der Waals surface area contributed by atoms with Gasteiger partial charge in [0.25, 0.3) is 0 Å². The van der Waals surface area contributed by atoms with Gasteiger partial charge in [-0.3, -0.25) is 0 Å². The van der Waals surface area contributed by atoms with Crippen LogP contribution in [-0.4, -0.2) is 29.9 Å². The number of aromatic hydroxyl groups is 1. The maximum Gasteiger partial charge on any atom is 0.408 e. The molecule has 0 aliphatic heterocycles. The zero-order valence-electron chi connectivity index (χ0n) is 12.6. The maximum atomic E-state index is 11.9. The Morgan fingerprint density at radius 1 is 1.23 bits per heavy atom. The van der Waals surface area contributed by atoms with Gasteiger partial charge < -0.3 is 19.9 Å². The molecule has 1 rings (SSSR count). The van der Waals surface area contributed by atoms with Crippen molar-refractivity contribution in [2.24, 2.45) is 0 Å². The van der Waals surface area contributed by atoms with Crippen molar-refractivity contribution >= 4 is 35.3 Å². The molecular weight excluding hydrogens is 333 g/mol. The summed E-state index contributed by atoms with van der Waals surface area (Å²) in [5.41, 5.74) is -0.472. The lowest BCUT2D eigenvalue weighted by atomic mass is 10.1. The average Bonchev–Trinajstić information content (AvgIpc) is 2.38. The zero-order chi connectivity index (χ0) is 17.1. The van der Waals surface area contributed by atoms with E-state index in [-0.39, 0.29) is 21.4 Å². The first-order chi connectivity index (χ1) is 10.0. The SMILES string of the molecule is COC(=O)[C@H](NC(=O)OC(C)(C)C)c1cc(Cl)c(O)c(Cl)c1. The molecule has 0 unspecified atom stereocenters. The van der Waals surface area contributed by atoms with Crippen LogP contribution in [-0.2, 0) is 14.3 Å². The molecule has 0 saturated carbocycles. The number of benzene rings is 1. The van der Waals surface area contributed by atoms with Gasteiger partial charge in [0.15, 0.2) is 11.8 Å². The molecule has 0 aromatic heterocycles. The molecule has 1 aromatic carbocycles. The summed E-state index contributed by atoms with van der Waals surface area (Å²) >= 11 is 11.6. The Balaban J connectivity index is 3.09. The van der Waals surface area contributed by atoms with Crippen LogP contribution >= 0.6 is 23.2 Å². The van der Waals surface area contributed by atoms with Crippen molar-refractivity contribution < 1.29 is 24.2 Å². The van der Waals surface area contributed by atoms with Gasteiger partial charge >= 0.3 is 12.1 Å². The standard InChI is InChI=1S/C14H17Cl2NO5/c1-14(2,3)22-13(20)17-10(12(19)21-4)7-5-8(15)11(18)9(16)6-7/h5-6,10,18H,1-4H3,(H,17,20)/t10-/m1/s1. The lowest BCUT2D eigenvalue weighted by Gasteiger charge is -2.23. The molecule has 122 valence electrons. The van der Waals surface area contributed by atoms with Gasteiger partial charge in [-0.25, -0.2) is 9.59 Å². The number of nitrogens with one attached hydrogen (secondary N) is 1. The van der Waals surface area contributed by atoms with E-state index in [1.165, 1.54) is 19.2 Å². The van der Waals surface area contributed by atoms with Crippen molar-refractivity contribution in [1.29, 1.82) is 0 Å². The predicted octanol–water partition coefficient (Wildman–Crippen LogP) is 3.44. The van der Waals surface area contributed by atoms with E-state index in [0.29, 0.717) is 0 Å². The van der Waals surface area contributed by atoms with Gasteiger partial charge in [0, 0.05) is 0 Å². The van der Waals surface area contributed by atoms with Crippen LogP contribution in [0.2, 0.25) is 10.0 Å². The molecule has 1 atom stereocenters. The first-order valence-electron chi connectivity index (χ1n) is 6.30. The lowest BCUT2D eigenvalue weighted by Crippen LogP contribution is -2.38. The zero-order valence-corrected chi connectivity index (χ0v) is 14.1.